The van der Waals surface area contributed by atoms with Crippen LogP contribution in [-0.2, 0) is 6.54 Å². The first-order valence-electron chi connectivity index (χ1n) is 6.40. The van der Waals surface area contributed by atoms with Crippen LogP contribution in [0.15, 0.2) is 18.3 Å². The molecule has 0 fully saturated rings. The minimum absolute atomic E-state index is 0.0823. The average molecular weight is 275 g/mol. The number of aromatic nitrogens is 3. The molecule has 0 radical (unpaired) electrons. The zero-order valence-electron chi connectivity index (χ0n) is 11.8. The van der Waals surface area contributed by atoms with Gasteiger partial charge in [0.1, 0.15) is 17.2 Å². The largest absolute Gasteiger partial charge is 0.370 e. The Labute approximate surface area is 116 Å². The van der Waals surface area contributed by atoms with Crippen LogP contribution in [-0.4, -0.2) is 26.2 Å². The molecule has 0 aromatic carbocycles. The highest BCUT2D eigenvalue weighted by molar-refractivity contribution is 5.45. The van der Waals surface area contributed by atoms with Gasteiger partial charge in [0.25, 0.3) is 0 Å². The zero-order valence-corrected chi connectivity index (χ0v) is 11.8. The smallest absolute Gasteiger partial charge is 0.312 e. The van der Waals surface area contributed by atoms with E-state index >= 15 is 0 Å². The lowest BCUT2D eigenvalue weighted by molar-refractivity contribution is -0.386. The Morgan fingerprint density at radius 2 is 2.20 bits per heavy atom. The number of aryl methyl sites for hydroxylation is 1. The lowest BCUT2D eigenvalue weighted by atomic mass is 10.2. The number of pyridine rings is 1. The van der Waals surface area contributed by atoms with Crippen molar-refractivity contribution >= 4 is 11.5 Å². The molecular formula is C13H17N5O2. The molecule has 0 saturated heterocycles. The molecule has 2 aromatic heterocycles. The van der Waals surface area contributed by atoms with Crippen molar-refractivity contribution in [2.24, 2.45) is 0 Å². The standard InChI is InChI=1S/C13H17N5O2/c1-4-14-13-11(6-5-7-15-13)8-17-10(3)12(18(19)20)9(2)16-17/h5-7H,4,8H2,1-3H3,(H,14,15). The Morgan fingerprint density at radius 3 is 2.80 bits per heavy atom. The zero-order chi connectivity index (χ0) is 14.7. The van der Waals surface area contributed by atoms with Crippen LogP contribution in [0.3, 0.4) is 0 Å². The molecule has 7 heteroatoms. The lowest BCUT2D eigenvalue weighted by Crippen LogP contribution is -2.09. The van der Waals surface area contributed by atoms with Gasteiger partial charge in [0.2, 0.25) is 0 Å². The predicted octanol–water partition coefficient (Wildman–Crippen LogP) is 2.28. The van der Waals surface area contributed by atoms with Crippen LogP contribution in [0.1, 0.15) is 23.9 Å². The molecule has 0 saturated carbocycles. The van der Waals surface area contributed by atoms with Crippen LogP contribution in [0.5, 0.6) is 0 Å². The summed E-state index contributed by atoms with van der Waals surface area (Å²) in [7, 11) is 0. The van der Waals surface area contributed by atoms with Crippen molar-refractivity contribution in [2.45, 2.75) is 27.3 Å². The minimum Gasteiger partial charge on any atom is -0.370 e. The van der Waals surface area contributed by atoms with Crippen molar-refractivity contribution in [3.63, 3.8) is 0 Å². The van der Waals surface area contributed by atoms with E-state index in [1.165, 1.54) is 0 Å². The molecule has 2 heterocycles. The first-order chi connectivity index (χ1) is 9.54. The summed E-state index contributed by atoms with van der Waals surface area (Å²) >= 11 is 0. The highest BCUT2D eigenvalue weighted by Gasteiger charge is 2.22. The fourth-order valence-electron chi connectivity index (χ4n) is 2.16. The summed E-state index contributed by atoms with van der Waals surface area (Å²) in [4.78, 5) is 14.9. The summed E-state index contributed by atoms with van der Waals surface area (Å²) in [5.74, 6) is 0.783. The van der Waals surface area contributed by atoms with Crippen molar-refractivity contribution in [1.82, 2.24) is 14.8 Å². The molecular weight excluding hydrogens is 258 g/mol. The second kappa shape index (κ2) is 5.68. The van der Waals surface area contributed by atoms with E-state index in [2.05, 4.69) is 15.4 Å². The number of hydrogen-bond donors (Lipinski definition) is 1. The maximum atomic E-state index is 11.0. The van der Waals surface area contributed by atoms with Gasteiger partial charge < -0.3 is 5.32 Å². The van der Waals surface area contributed by atoms with E-state index in [0.717, 1.165) is 17.9 Å². The quantitative estimate of drug-likeness (QED) is 0.668. The molecule has 2 aromatic rings. The SMILES string of the molecule is CCNc1ncccc1Cn1nc(C)c([N+](=O)[O-])c1C. The first kappa shape index (κ1) is 14.0. The highest BCUT2D eigenvalue weighted by atomic mass is 16.6. The summed E-state index contributed by atoms with van der Waals surface area (Å²) in [5.41, 5.74) is 2.02. The third kappa shape index (κ3) is 2.61. The molecule has 0 aliphatic carbocycles. The predicted molar refractivity (Wildman–Crippen MR) is 75.9 cm³/mol. The van der Waals surface area contributed by atoms with Gasteiger partial charge in [-0.3, -0.25) is 14.8 Å². The number of nitrogens with zero attached hydrogens (tertiary/aromatic N) is 4. The average Bonchev–Trinajstić information content (AvgIpc) is 2.67. The fraction of sp³-hybridized carbons (Fsp3) is 0.385. The van der Waals surface area contributed by atoms with Gasteiger partial charge in [-0.2, -0.15) is 5.10 Å². The van der Waals surface area contributed by atoms with Gasteiger partial charge in [-0.25, -0.2) is 4.98 Å². The third-order valence-electron chi connectivity index (χ3n) is 3.08. The van der Waals surface area contributed by atoms with E-state index in [0.29, 0.717) is 17.9 Å². The van der Waals surface area contributed by atoms with Crippen molar-refractivity contribution in [3.8, 4) is 0 Å². The first-order valence-corrected chi connectivity index (χ1v) is 6.40. The van der Waals surface area contributed by atoms with Crippen molar-refractivity contribution < 1.29 is 4.92 Å². The van der Waals surface area contributed by atoms with E-state index in [9.17, 15) is 10.1 Å². The molecule has 106 valence electrons. The maximum Gasteiger partial charge on any atom is 0.312 e. The topological polar surface area (TPSA) is 85.9 Å². The molecule has 2 rings (SSSR count). The van der Waals surface area contributed by atoms with Crippen LogP contribution in [0, 0.1) is 24.0 Å². The lowest BCUT2D eigenvalue weighted by Gasteiger charge is -2.10. The van der Waals surface area contributed by atoms with Crippen molar-refractivity contribution in [1.29, 1.82) is 0 Å². The van der Waals surface area contributed by atoms with Crippen LogP contribution >= 0.6 is 0 Å². The van der Waals surface area contributed by atoms with Crippen LogP contribution < -0.4 is 5.32 Å². The summed E-state index contributed by atoms with van der Waals surface area (Å²) < 4.78 is 1.64. The van der Waals surface area contributed by atoms with Crippen LogP contribution in [0.2, 0.25) is 0 Å². The monoisotopic (exact) mass is 275 g/mol. The van der Waals surface area contributed by atoms with Crippen molar-refractivity contribution in [3.05, 3.63) is 45.4 Å². The van der Waals surface area contributed by atoms with Gasteiger partial charge in [0, 0.05) is 18.3 Å². The molecule has 0 unspecified atom stereocenters. The van der Waals surface area contributed by atoms with Gasteiger partial charge in [-0.05, 0) is 26.8 Å². The van der Waals surface area contributed by atoms with E-state index < -0.39 is 0 Å². The highest BCUT2D eigenvalue weighted by Crippen LogP contribution is 2.23. The summed E-state index contributed by atoms with van der Waals surface area (Å²) in [5, 5.41) is 18.4. The molecule has 0 amide bonds. The number of anilines is 1. The number of rotatable bonds is 5. The molecule has 7 nitrogen and oxygen atoms in total. The van der Waals surface area contributed by atoms with E-state index in [1.54, 1.807) is 24.7 Å². The Balaban J connectivity index is 2.36. The van der Waals surface area contributed by atoms with Gasteiger partial charge in [-0.1, -0.05) is 6.07 Å². The van der Waals surface area contributed by atoms with E-state index in [1.807, 2.05) is 19.1 Å². The van der Waals surface area contributed by atoms with Crippen LogP contribution in [0.4, 0.5) is 11.5 Å². The Morgan fingerprint density at radius 1 is 1.45 bits per heavy atom. The van der Waals surface area contributed by atoms with Gasteiger partial charge in [0.05, 0.1) is 11.5 Å². The summed E-state index contributed by atoms with van der Waals surface area (Å²) in [6, 6.07) is 3.78. The molecule has 0 atom stereocenters. The Hall–Kier alpha value is -2.44. The second-order valence-corrected chi connectivity index (χ2v) is 4.48. The van der Waals surface area contributed by atoms with Gasteiger partial charge in [0.15, 0.2) is 0 Å². The Kier molecular flexibility index (Phi) is 3.97. The molecule has 0 aliphatic heterocycles. The molecule has 0 aliphatic rings. The Bertz CT molecular complexity index is 636. The van der Waals surface area contributed by atoms with Crippen LogP contribution in [0.25, 0.3) is 0 Å². The molecule has 0 bridgehead atoms. The van der Waals surface area contributed by atoms with E-state index in [4.69, 9.17) is 0 Å². The maximum absolute atomic E-state index is 11.0. The fourth-order valence-corrected chi connectivity index (χ4v) is 2.16. The molecule has 1 N–H and O–H groups in total. The normalized spacial score (nSPS) is 10.6. The van der Waals surface area contributed by atoms with E-state index in [-0.39, 0.29) is 10.6 Å². The molecule has 20 heavy (non-hydrogen) atoms. The minimum atomic E-state index is -0.386. The van der Waals surface area contributed by atoms with Crippen molar-refractivity contribution in [2.75, 3.05) is 11.9 Å². The second-order valence-electron chi connectivity index (χ2n) is 4.48. The number of nitro groups is 1. The summed E-state index contributed by atoms with van der Waals surface area (Å²) in [6.07, 6.45) is 1.71. The number of nitrogens with one attached hydrogen (secondary N) is 1. The van der Waals surface area contributed by atoms with Gasteiger partial charge in [-0.15, -0.1) is 0 Å². The number of hydrogen-bond acceptors (Lipinski definition) is 5. The van der Waals surface area contributed by atoms with Gasteiger partial charge >= 0.3 is 5.69 Å². The third-order valence-corrected chi connectivity index (χ3v) is 3.08. The molecule has 0 spiro atoms. The summed E-state index contributed by atoms with van der Waals surface area (Å²) in [6.45, 7) is 6.57.